The van der Waals surface area contributed by atoms with Crippen molar-refractivity contribution < 1.29 is 13.2 Å². The van der Waals surface area contributed by atoms with Crippen molar-refractivity contribution in [3.05, 3.63) is 36.7 Å². The molecule has 1 aromatic heterocycles. The Balaban J connectivity index is 2.20. The minimum Gasteiger partial charge on any atom is -0.383 e. The number of rotatable bonds is 6. The summed E-state index contributed by atoms with van der Waals surface area (Å²) in [7, 11) is -2.15. The Morgan fingerprint density at radius 3 is 2.85 bits per heavy atom. The van der Waals surface area contributed by atoms with Gasteiger partial charge < -0.3 is 10.1 Å². The lowest BCUT2D eigenvalue weighted by Crippen LogP contribution is -2.13. The Morgan fingerprint density at radius 2 is 2.15 bits per heavy atom. The Kier molecular flexibility index (Phi) is 4.38. The number of nitrogens with zero attached hydrogens (tertiary/aromatic N) is 2. The molecule has 108 valence electrons. The molecule has 0 aliphatic rings. The molecule has 8 heteroatoms. The molecule has 0 unspecified atom stereocenters. The number of primary sulfonamides is 1. The lowest BCUT2D eigenvalue weighted by Gasteiger charge is -2.08. The zero-order chi connectivity index (χ0) is 14.6. The molecule has 1 heterocycles. The fourth-order valence-electron chi connectivity index (χ4n) is 1.71. The third kappa shape index (κ3) is 3.56. The van der Waals surface area contributed by atoms with Crippen molar-refractivity contribution in [2.75, 3.05) is 19.0 Å². The number of nitrogens with two attached hydrogens (primary N) is 1. The molecule has 0 amide bonds. The molecule has 0 saturated carbocycles. The van der Waals surface area contributed by atoms with Crippen LogP contribution in [-0.2, 0) is 21.3 Å². The van der Waals surface area contributed by atoms with Crippen molar-refractivity contribution in [1.82, 2.24) is 9.78 Å². The van der Waals surface area contributed by atoms with E-state index in [4.69, 9.17) is 9.88 Å². The summed E-state index contributed by atoms with van der Waals surface area (Å²) in [5.74, 6) is 0. The van der Waals surface area contributed by atoms with Crippen LogP contribution in [0.15, 0.2) is 41.6 Å². The Bertz CT molecular complexity index is 682. The molecule has 2 rings (SSSR count). The Hall–Kier alpha value is -1.90. The number of hydrogen-bond donors (Lipinski definition) is 2. The number of anilines is 2. The average Bonchev–Trinajstić information content (AvgIpc) is 2.83. The van der Waals surface area contributed by atoms with Gasteiger partial charge in [0, 0.05) is 13.3 Å². The van der Waals surface area contributed by atoms with Crippen LogP contribution in [-0.4, -0.2) is 31.9 Å². The molecule has 0 fully saturated rings. The maximum Gasteiger partial charge on any atom is 0.240 e. The first-order valence-electron chi connectivity index (χ1n) is 5.91. The molecular formula is C12H16N4O3S. The number of methoxy groups -OCH3 is 1. The first-order valence-corrected chi connectivity index (χ1v) is 7.45. The molecule has 7 nitrogen and oxygen atoms in total. The fourth-order valence-corrected chi connectivity index (χ4v) is 2.40. The summed E-state index contributed by atoms with van der Waals surface area (Å²) in [6.07, 6.45) is 3.37. The maximum absolute atomic E-state index is 11.5. The summed E-state index contributed by atoms with van der Waals surface area (Å²) in [5, 5.41) is 12.3. The van der Waals surface area contributed by atoms with E-state index in [0.29, 0.717) is 24.5 Å². The molecule has 3 N–H and O–H groups in total. The van der Waals surface area contributed by atoms with E-state index in [0.717, 1.165) is 0 Å². The van der Waals surface area contributed by atoms with Crippen LogP contribution in [0.2, 0.25) is 0 Å². The zero-order valence-corrected chi connectivity index (χ0v) is 11.8. The second-order valence-corrected chi connectivity index (χ2v) is 5.68. The van der Waals surface area contributed by atoms with Crippen LogP contribution < -0.4 is 10.5 Å². The molecule has 0 saturated heterocycles. The third-order valence-electron chi connectivity index (χ3n) is 2.63. The van der Waals surface area contributed by atoms with Crippen LogP contribution in [0.1, 0.15) is 0 Å². The summed E-state index contributed by atoms with van der Waals surface area (Å²) in [5.41, 5.74) is 1.10. The predicted octanol–water partition coefficient (Wildman–Crippen LogP) is 0.921. The van der Waals surface area contributed by atoms with Gasteiger partial charge in [-0.1, -0.05) is 12.1 Å². The molecule has 0 spiro atoms. The third-order valence-corrected chi connectivity index (χ3v) is 3.60. The van der Waals surface area contributed by atoms with E-state index in [1.807, 2.05) is 0 Å². The lowest BCUT2D eigenvalue weighted by molar-refractivity contribution is 0.183. The van der Waals surface area contributed by atoms with E-state index in [1.54, 1.807) is 42.4 Å². The molecule has 2 aromatic rings. The summed E-state index contributed by atoms with van der Waals surface area (Å²) in [6.45, 7) is 1.17. The standard InChI is InChI=1S/C12H16N4O3S/c1-19-7-6-16-9-10(8-14-16)15-11-4-2-3-5-12(11)20(13,17)18/h2-5,8-9,15H,6-7H2,1H3,(H2,13,17,18). The van der Waals surface area contributed by atoms with E-state index < -0.39 is 10.0 Å². The molecular weight excluding hydrogens is 280 g/mol. The minimum absolute atomic E-state index is 0.0460. The van der Waals surface area contributed by atoms with E-state index in [2.05, 4.69) is 10.4 Å². The number of nitrogens with one attached hydrogen (secondary N) is 1. The van der Waals surface area contributed by atoms with Crippen LogP contribution in [0.4, 0.5) is 11.4 Å². The molecule has 0 aliphatic heterocycles. The van der Waals surface area contributed by atoms with Crippen molar-refractivity contribution in [3.63, 3.8) is 0 Å². The summed E-state index contributed by atoms with van der Waals surface area (Å²) in [4.78, 5) is 0.0460. The molecule has 0 atom stereocenters. The first kappa shape index (κ1) is 14.5. The number of sulfonamides is 1. The topological polar surface area (TPSA) is 99.2 Å². The Labute approximate surface area is 117 Å². The van der Waals surface area contributed by atoms with Gasteiger partial charge in [0.05, 0.1) is 30.7 Å². The average molecular weight is 296 g/mol. The van der Waals surface area contributed by atoms with Gasteiger partial charge in [-0.25, -0.2) is 13.6 Å². The highest BCUT2D eigenvalue weighted by Crippen LogP contribution is 2.23. The van der Waals surface area contributed by atoms with Gasteiger partial charge in [0.25, 0.3) is 0 Å². The summed E-state index contributed by atoms with van der Waals surface area (Å²) in [6, 6.07) is 6.44. The van der Waals surface area contributed by atoms with Gasteiger partial charge in [0.2, 0.25) is 10.0 Å². The lowest BCUT2D eigenvalue weighted by atomic mass is 10.3. The maximum atomic E-state index is 11.5. The van der Waals surface area contributed by atoms with E-state index in [9.17, 15) is 8.42 Å². The van der Waals surface area contributed by atoms with Gasteiger partial charge in [-0.2, -0.15) is 5.10 Å². The van der Waals surface area contributed by atoms with Crippen molar-refractivity contribution in [3.8, 4) is 0 Å². The highest BCUT2D eigenvalue weighted by molar-refractivity contribution is 7.89. The van der Waals surface area contributed by atoms with Crippen molar-refractivity contribution in [2.45, 2.75) is 11.4 Å². The largest absolute Gasteiger partial charge is 0.383 e. The fraction of sp³-hybridized carbons (Fsp3) is 0.250. The molecule has 20 heavy (non-hydrogen) atoms. The highest BCUT2D eigenvalue weighted by atomic mass is 32.2. The van der Waals surface area contributed by atoms with Crippen molar-refractivity contribution in [1.29, 1.82) is 0 Å². The van der Waals surface area contributed by atoms with Crippen molar-refractivity contribution in [2.24, 2.45) is 5.14 Å². The zero-order valence-electron chi connectivity index (χ0n) is 11.0. The van der Waals surface area contributed by atoms with Gasteiger partial charge in [-0.3, -0.25) is 4.68 Å². The summed E-state index contributed by atoms with van der Waals surface area (Å²) < 4.78 is 29.6. The number of benzene rings is 1. The minimum atomic E-state index is -3.77. The van der Waals surface area contributed by atoms with Crippen LogP contribution >= 0.6 is 0 Å². The Morgan fingerprint density at radius 1 is 1.40 bits per heavy atom. The second-order valence-electron chi connectivity index (χ2n) is 4.15. The molecule has 0 radical (unpaired) electrons. The SMILES string of the molecule is COCCn1cc(Nc2ccccc2S(N)(=O)=O)cn1. The number of aromatic nitrogens is 2. The number of ether oxygens (including phenoxy) is 1. The van der Waals surface area contributed by atoms with Crippen LogP contribution in [0.3, 0.4) is 0 Å². The van der Waals surface area contributed by atoms with Crippen molar-refractivity contribution >= 4 is 21.4 Å². The predicted molar refractivity (Wildman–Crippen MR) is 75.2 cm³/mol. The number of hydrogen-bond acceptors (Lipinski definition) is 5. The van der Waals surface area contributed by atoms with Crippen LogP contribution in [0, 0.1) is 0 Å². The smallest absolute Gasteiger partial charge is 0.240 e. The van der Waals surface area contributed by atoms with Gasteiger partial charge in [-0.15, -0.1) is 0 Å². The van der Waals surface area contributed by atoms with Crippen LogP contribution in [0.25, 0.3) is 0 Å². The van der Waals surface area contributed by atoms with Crippen LogP contribution in [0.5, 0.6) is 0 Å². The monoisotopic (exact) mass is 296 g/mol. The highest BCUT2D eigenvalue weighted by Gasteiger charge is 2.13. The first-order chi connectivity index (χ1) is 9.50. The molecule has 0 aliphatic carbocycles. The van der Waals surface area contributed by atoms with Gasteiger partial charge in [0.1, 0.15) is 4.90 Å². The quantitative estimate of drug-likeness (QED) is 0.825. The van der Waals surface area contributed by atoms with Gasteiger partial charge in [-0.05, 0) is 12.1 Å². The van der Waals surface area contributed by atoms with E-state index in [1.165, 1.54) is 6.07 Å². The molecule has 0 bridgehead atoms. The normalized spacial score (nSPS) is 11.5. The molecule has 1 aromatic carbocycles. The van der Waals surface area contributed by atoms with Gasteiger partial charge in [0.15, 0.2) is 0 Å². The van der Waals surface area contributed by atoms with Gasteiger partial charge >= 0.3 is 0 Å². The number of para-hydroxylation sites is 1. The van der Waals surface area contributed by atoms with E-state index >= 15 is 0 Å². The van der Waals surface area contributed by atoms with E-state index in [-0.39, 0.29) is 4.90 Å². The second kappa shape index (κ2) is 6.04. The summed E-state index contributed by atoms with van der Waals surface area (Å²) >= 11 is 0.